The molecule has 2 heteroatoms. The second-order valence-corrected chi connectivity index (χ2v) is 5.42. The molecule has 1 aliphatic heterocycles. The molecule has 0 amide bonds. The van der Waals surface area contributed by atoms with Crippen LogP contribution in [0.2, 0.25) is 0 Å². The fourth-order valence-electron chi connectivity index (χ4n) is 1.20. The van der Waals surface area contributed by atoms with E-state index >= 15 is 0 Å². The molecule has 0 bridgehead atoms. The summed E-state index contributed by atoms with van der Waals surface area (Å²) in [5.74, 6) is 1.36. The van der Waals surface area contributed by atoms with Gasteiger partial charge in [-0.05, 0) is 12.3 Å². The van der Waals surface area contributed by atoms with E-state index in [9.17, 15) is 4.21 Å². The van der Waals surface area contributed by atoms with Gasteiger partial charge in [-0.2, -0.15) is 0 Å². The molecule has 1 rings (SSSR count). The summed E-state index contributed by atoms with van der Waals surface area (Å²) >= 11 is 0. The van der Waals surface area contributed by atoms with Crippen LogP contribution in [0, 0.1) is 5.92 Å². The van der Waals surface area contributed by atoms with Crippen molar-refractivity contribution >= 4 is 10.8 Å². The third-order valence-corrected chi connectivity index (χ3v) is 4.14. The predicted octanol–water partition coefficient (Wildman–Crippen LogP) is 2.28. The van der Waals surface area contributed by atoms with E-state index in [0.717, 1.165) is 12.2 Å². The molecule has 2 atom stereocenters. The van der Waals surface area contributed by atoms with Crippen LogP contribution in [-0.2, 0) is 10.8 Å². The Morgan fingerprint density at radius 2 is 2.25 bits per heavy atom. The second-order valence-electron chi connectivity index (χ2n) is 3.56. The third-order valence-electron chi connectivity index (χ3n) is 2.21. The third kappa shape index (κ3) is 1.69. The van der Waals surface area contributed by atoms with Crippen LogP contribution in [0.25, 0.3) is 0 Å². The van der Waals surface area contributed by atoms with Crippen molar-refractivity contribution in [1.82, 2.24) is 0 Å². The fourth-order valence-corrected chi connectivity index (χ4v) is 2.46. The van der Waals surface area contributed by atoms with Crippen LogP contribution < -0.4 is 0 Å². The summed E-state index contributed by atoms with van der Waals surface area (Å²) in [5.41, 5.74) is 0. The monoisotopic (exact) mass is 184 g/mol. The summed E-state index contributed by atoms with van der Waals surface area (Å²) in [7, 11) is -0.710. The molecule has 2 unspecified atom stereocenters. The van der Waals surface area contributed by atoms with Gasteiger partial charge in [-0.3, -0.25) is 4.21 Å². The molecule has 12 heavy (non-hydrogen) atoms. The number of rotatable bonds is 3. The van der Waals surface area contributed by atoms with Crippen LogP contribution in [0.15, 0.2) is 24.8 Å². The second kappa shape index (κ2) is 3.56. The van der Waals surface area contributed by atoms with E-state index in [2.05, 4.69) is 32.6 Å². The lowest BCUT2D eigenvalue weighted by Crippen LogP contribution is -2.42. The molecule has 0 N–H and O–H groups in total. The van der Waals surface area contributed by atoms with Gasteiger partial charge < -0.3 is 0 Å². The van der Waals surface area contributed by atoms with E-state index in [1.165, 1.54) is 0 Å². The molecule has 0 saturated carbocycles. The van der Waals surface area contributed by atoms with Crippen LogP contribution in [0.4, 0.5) is 0 Å². The first-order chi connectivity index (χ1) is 5.60. The quantitative estimate of drug-likeness (QED) is 0.615. The molecule has 0 aromatic carbocycles. The molecular weight excluding hydrogens is 168 g/mol. The van der Waals surface area contributed by atoms with Gasteiger partial charge in [0.15, 0.2) is 0 Å². The topological polar surface area (TPSA) is 17.1 Å². The number of hydrogen-bond donors (Lipinski definition) is 0. The molecule has 68 valence electrons. The lowest BCUT2D eigenvalue weighted by molar-refractivity contribution is 0.627. The zero-order valence-electron chi connectivity index (χ0n) is 7.75. The Morgan fingerprint density at radius 1 is 1.58 bits per heavy atom. The highest BCUT2D eigenvalue weighted by Gasteiger charge is 2.39. The lowest BCUT2D eigenvalue weighted by Gasteiger charge is -2.35. The first-order valence-corrected chi connectivity index (χ1v) is 5.64. The Kier molecular flexibility index (Phi) is 2.89. The molecule has 0 aliphatic carbocycles. The molecule has 1 saturated heterocycles. The van der Waals surface area contributed by atoms with E-state index in [0.29, 0.717) is 5.92 Å². The Bertz CT molecular complexity index is 230. The van der Waals surface area contributed by atoms with Gasteiger partial charge >= 0.3 is 0 Å². The summed E-state index contributed by atoms with van der Waals surface area (Å²) in [6.07, 6.45) is 6.99. The van der Waals surface area contributed by atoms with Gasteiger partial charge in [0, 0.05) is 16.6 Å². The Hall–Kier alpha value is -0.370. The molecule has 1 heterocycles. The number of allylic oxidation sites excluding steroid dienone is 1. The number of hydrogen-bond acceptors (Lipinski definition) is 1. The van der Waals surface area contributed by atoms with Crippen LogP contribution in [0.5, 0.6) is 0 Å². The summed E-state index contributed by atoms with van der Waals surface area (Å²) in [6, 6.07) is 0. The molecule has 0 spiro atoms. The van der Waals surface area contributed by atoms with Crippen LogP contribution in [-0.4, -0.2) is 14.7 Å². The minimum absolute atomic E-state index is 0.190. The van der Waals surface area contributed by atoms with E-state index in [1.54, 1.807) is 0 Å². The maximum atomic E-state index is 11.4. The van der Waals surface area contributed by atoms with Gasteiger partial charge in [-0.25, -0.2) is 0 Å². The van der Waals surface area contributed by atoms with Crippen molar-refractivity contribution in [2.75, 3.05) is 5.75 Å². The van der Waals surface area contributed by atoms with Crippen molar-refractivity contribution in [2.45, 2.75) is 25.0 Å². The van der Waals surface area contributed by atoms with Crippen LogP contribution in [0.3, 0.4) is 0 Å². The maximum Gasteiger partial charge on any atom is 0.0824 e. The molecule has 1 fully saturated rings. The molecule has 0 aromatic rings. The highest BCUT2D eigenvalue weighted by Crippen LogP contribution is 2.33. The fraction of sp³-hybridized carbons (Fsp3) is 0.600. The molecule has 1 aliphatic rings. The Morgan fingerprint density at radius 3 is 2.50 bits per heavy atom. The minimum atomic E-state index is -0.710. The highest BCUT2D eigenvalue weighted by molar-refractivity contribution is 7.88. The van der Waals surface area contributed by atoms with Gasteiger partial charge in [0.05, 0.1) is 4.75 Å². The summed E-state index contributed by atoms with van der Waals surface area (Å²) in [6.45, 7) is 7.98. The largest absolute Gasteiger partial charge is 0.258 e. The van der Waals surface area contributed by atoms with Crippen molar-refractivity contribution in [1.29, 1.82) is 0 Å². The SMILES string of the molecule is C=CC1(C=CC(C)C)CCS1=O. The minimum Gasteiger partial charge on any atom is -0.258 e. The first kappa shape index (κ1) is 9.72. The Balaban J connectivity index is 2.69. The van der Waals surface area contributed by atoms with Gasteiger partial charge in [-0.1, -0.05) is 32.1 Å². The first-order valence-electron chi connectivity index (χ1n) is 4.32. The van der Waals surface area contributed by atoms with Crippen molar-refractivity contribution in [2.24, 2.45) is 5.92 Å². The Labute approximate surface area is 77.0 Å². The van der Waals surface area contributed by atoms with Crippen molar-refractivity contribution in [3.05, 3.63) is 24.8 Å². The molecule has 0 aromatic heterocycles. The van der Waals surface area contributed by atoms with Crippen LogP contribution in [0.1, 0.15) is 20.3 Å². The average molecular weight is 184 g/mol. The molecule has 1 nitrogen and oxygen atoms in total. The zero-order valence-corrected chi connectivity index (χ0v) is 8.56. The normalized spacial score (nSPS) is 35.4. The standard InChI is InChI=1S/C10H16OS/c1-4-10(6-5-9(2)3)7-8-12(10)11/h4-6,9H,1,7-8H2,2-3H3. The van der Waals surface area contributed by atoms with Crippen LogP contribution >= 0.6 is 0 Å². The molecular formula is C10H16OS. The lowest BCUT2D eigenvalue weighted by atomic mass is 10.0. The summed E-state index contributed by atoms with van der Waals surface area (Å²) < 4.78 is 11.2. The van der Waals surface area contributed by atoms with Gasteiger partial charge in [0.25, 0.3) is 0 Å². The van der Waals surface area contributed by atoms with Gasteiger partial charge in [0.2, 0.25) is 0 Å². The van der Waals surface area contributed by atoms with E-state index in [-0.39, 0.29) is 4.75 Å². The van der Waals surface area contributed by atoms with E-state index < -0.39 is 10.8 Å². The van der Waals surface area contributed by atoms with E-state index in [1.807, 2.05) is 6.08 Å². The van der Waals surface area contributed by atoms with Gasteiger partial charge in [-0.15, -0.1) is 6.58 Å². The van der Waals surface area contributed by atoms with E-state index in [4.69, 9.17) is 0 Å². The maximum absolute atomic E-state index is 11.4. The average Bonchev–Trinajstić information content (AvgIpc) is 2.03. The summed E-state index contributed by atoms with van der Waals surface area (Å²) in [5, 5.41) is 0. The van der Waals surface area contributed by atoms with Gasteiger partial charge in [0.1, 0.15) is 0 Å². The zero-order chi connectivity index (χ0) is 9.19. The van der Waals surface area contributed by atoms with Crippen molar-refractivity contribution < 1.29 is 4.21 Å². The smallest absolute Gasteiger partial charge is 0.0824 e. The van der Waals surface area contributed by atoms with Crippen molar-refractivity contribution in [3.63, 3.8) is 0 Å². The summed E-state index contributed by atoms with van der Waals surface area (Å²) in [4.78, 5) is 0. The predicted molar refractivity (Wildman–Crippen MR) is 54.5 cm³/mol. The van der Waals surface area contributed by atoms with Crippen molar-refractivity contribution in [3.8, 4) is 0 Å². The highest BCUT2D eigenvalue weighted by atomic mass is 32.2. The molecule has 0 radical (unpaired) electrons.